The number of benzene rings is 1. The van der Waals surface area contributed by atoms with E-state index in [0.717, 1.165) is 37.8 Å². The van der Waals surface area contributed by atoms with E-state index in [9.17, 15) is 0 Å². The van der Waals surface area contributed by atoms with E-state index in [0.29, 0.717) is 13.2 Å². The monoisotopic (exact) mass is 386 g/mol. The first-order valence-corrected chi connectivity index (χ1v) is 10.0. The lowest BCUT2D eigenvalue weighted by Crippen LogP contribution is -2.38. The zero-order valence-corrected chi connectivity index (χ0v) is 17.8. The van der Waals surface area contributed by atoms with Gasteiger partial charge in [0.2, 0.25) is 0 Å². The molecule has 0 saturated carbocycles. The molecule has 0 radical (unpaired) electrons. The lowest BCUT2D eigenvalue weighted by atomic mass is 10.1. The molecule has 0 atom stereocenters. The largest absolute Gasteiger partial charge is 0.371 e. The Kier molecular flexibility index (Phi) is 8.44. The Balaban J connectivity index is 1.90. The van der Waals surface area contributed by atoms with Crippen LogP contribution in [-0.4, -0.2) is 39.4 Å². The third-order valence-electron chi connectivity index (χ3n) is 4.08. The number of nitrogens with zero attached hydrogens (tertiary/aromatic N) is 4. The highest BCUT2D eigenvalue weighted by molar-refractivity contribution is 5.79. The van der Waals surface area contributed by atoms with Gasteiger partial charge in [0, 0.05) is 26.1 Å². The number of ether oxygens (including phenoxy) is 1. The first-order valence-electron chi connectivity index (χ1n) is 10.0. The molecule has 0 saturated heterocycles. The van der Waals surface area contributed by atoms with Gasteiger partial charge >= 0.3 is 0 Å². The Hall–Kier alpha value is -2.41. The van der Waals surface area contributed by atoms with Gasteiger partial charge in [0.05, 0.1) is 18.8 Å². The van der Waals surface area contributed by atoms with Crippen LogP contribution >= 0.6 is 0 Å². The second-order valence-corrected chi connectivity index (χ2v) is 7.64. The third kappa shape index (κ3) is 7.68. The van der Waals surface area contributed by atoms with Gasteiger partial charge in [0.1, 0.15) is 12.2 Å². The molecule has 7 heteroatoms. The molecule has 0 bridgehead atoms. The number of nitrogens with one attached hydrogen (secondary N) is 2. The molecular weight excluding hydrogens is 352 g/mol. The van der Waals surface area contributed by atoms with Gasteiger partial charge in [0.15, 0.2) is 5.96 Å². The fourth-order valence-corrected chi connectivity index (χ4v) is 2.66. The van der Waals surface area contributed by atoms with Gasteiger partial charge in [-0.05, 0) is 38.8 Å². The minimum absolute atomic E-state index is 0.140. The van der Waals surface area contributed by atoms with Crippen molar-refractivity contribution < 1.29 is 4.74 Å². The van der Waals surface area contributed by atoms with Crippen LogP contribution in [0.15, 0.2) is 35.6 Å². The fraction of sp³-hybridized carbons (Fsp3) is 0.571. The molecule has 0 amide bonds. The molecule has 0 aliphatic heterocycles. The normalized spacial score (nSPS) is 12.2. The van der Waals surface area contributed by atoms with Gasteiger partial charge in [-0.15, -0.1) is 10.2 Å². The number of hydrogen-bond acceptors (Lipinski definition) is 4. The zero-order valence-electron chi connectivity index (χ0n) is 17.8. The standard InChI is InChI=1S/C21H34N6O/c1-6-19-26-25-16-27(19)12-11-23-20(22-7-2)24-14-17-9-8-10-18(13-17)15-28-21(3,4)5/h8-10,13,16H,6-7,11-12,14-15H2,1-5H3,(H2,22,23,24). The van der Waals surface area contributed by atoms with Crippen molar-refractivity contribution in [2.45, 2.75) is 66.3 Å². The van der Waals surface area contributed by atoms with Gasteiger partial charge in [-0.1, -0.05) is 31.2 Å². The van der Waals surface area contributed by atoms with E-state index < -0.39 is 0 Å². The third-order valence-corrected chi connectivity index (χ3v) is 4.08. The topological polar surface area (TPSA) is 76.4 Å². The summed E-state index contributed by atoms with van der Waals surface area (Å²) in [6, 6.07) is 8.40. The van der Waals surface area contributed by atoms with E-state index in [2.05, 4.69) is 84.3 Å². The van der Waals surface area contributed by atoms with Crippen LogP contribution in [-0.2, 0) is 30.9 Å². The van der Waals surface area contributed by atoms with Crippen LogP contribution in [0.1, 0.15) is 51.6 Å². The maximum Gasteiger partial charge on any atom is 0.191 e. The first-order chi connectivity index (χ1) is 13.4. The summed E-state index contributed by atoms with van der Waals surface area (Å²) in [5, 5.41) is 14.8. The molecule has 7 nitrogen and oxygen atoms in total. The number of aryl methyl sites for hydroxylation is 1. The van der Waals surface area contributed by atoms with Gasteiger partial charge in [0.25, 0.3) is 0 Å². The molecule has 2 aromatic rings. The minimum atomic E-state index is -0.140. The van der Waals surface area contributed by atoms with Crippen molar-refractivity contribution in [2.75, 3.05) is 13.1 Å². The SMILES string of the molecule is CCNC(=NCc1cccc(COC(C)(C)C)c1)NCCn1cnnc1CC. The van der Waals surface area contributed by atoms with Crippen molar-refractivity contribution in [3.63, 3.8) is 0 Å². The molecule has 0 aliphatic carbocycles. The van der Waals surface area contributed by atoms with Crippen molar-refractivity contribution in [3.8, 4) is 0 Å². The van der Waals surface area contributed by atoms with Crippen LogP contribution < -0.4 is 10.6 Å². The summed E-state index contributed by atoms with van der Waals surface area (Å²) in [4.78, 5) is 4.71. The van der Waals surface area contributed by atoms with E-state index >= 15 is 0 Å². The van der Waals surface area contributed by atoms with Gasteiger partial charge in [-0.25, -0.2) is 4.99 Å². The molecule has 1 aromatic carbocycles. The number of guanidine groups is 1. The van der Waals surface area contributed by atoms with Crippen molar-refractivity contribution in [3.05, 3.63) is 47.5 Å². The number of hydrogen-bond donors (Lipinski definition) is 2. The average Bonchev–Trinajstić information content (AvgIpc) is 3.12. The second-order valence-electron chi connectivity index (χ2n) is 7.64. The Bertz CT molecular complexity index is 747. The molecule has 2 N–H and O–H groups in total. The summed E-state index contributed by atoms with van der Waals surface area (Å²) in [5.41, 5.74) is 2.19. The molecular formula is C21H34N6O. The molecule has 0 aliphatic rings. The smallest absolute Gasteiger partial charge is 0.191 e. The summed E-state index contributed by atoms with van der Waals surface area (Å²) >= 11 is 0. The van der Waals surface area contributed by atoms with E-state index in [1.807, 2.05) is 0 Å². The highest BCUT2D eigenvalue weighted by atomic mass is 16.5. The number of aliphatic imine (C=N–C) groups is 1. The molecule has 1 aromatic heterocycles. The van der Waals surface area contributed by atoms with Crippen LogP contribution in [0.25, 0.3) is 0 Å². The molecule has 0 unspecified atom stereocenters. The minimum Gasteiger partial charge on any atom is -0.371 e. The van der Waals surface area contributed by atoms with E-state index in [-0.39, 0.29) is 5.60 Å². The van der Waals surface area contributed by atoms with Crippen LogP contribution in [0.4, 0.5) is 0 Å². The highest BCUT2D eigenvalue weighted by Crippen LogP contribution is 2.13. The Morgan fingerprint density at radius 1 is 1.18 bits per heavy atom. The van der Waals surface area contributed by atoms with Gasteiger partial charge in [-0.2, -0.15) is 0 Å². The number of rotatable bonds is 9. The zero-order chi connectivity index (χ0) is 20.4. The van der Waals surface area contributed by atoms with Crippen molar-refractivity contribution in [1.29, 1.82) is 0 Å². The molecule has 2 rings (SSSR count). The predicted molar refractivity (Wildman–Crippen MR) is 113 cm³/mol. The lowest BCUT2D eigenvalue weighted by molar-refractivity contribution is -0.0149. The average molecular weight is 387 g/mol. The summed E-state index contributed by atoms with van der Waals surface area (Å²) in [5.74, 6) is 1.81. The summed E-state index contributed by atoms with van der Waals surface area (Å²) in [6.45, 7) is 14.0. The summed E-state index contributed by atoms with van der Waals surface area (Å²) in [6.07, 6.45) is 2.65. The van der Waals surface area contributed by atoms with Crippen molar-refractivity contribution in [1.82, 2.24) is 25.4 Å². The van der Waals surface area contributed by atoms with Crippen LogP contribution in [0.5, 0.6) is 0 Å². The molecule has 0 fully saturated rings. The lowest BCUT2D eigenvalue weighted by Gasteiger charge is -2.19. The quantitative estimate of drug-likeness (QED) is 0.512. The summed E-state index contributed by atoms with van der Waals surface area (Å²) < 4.78 is 7.93. The van der Waals surface area contributed by atoms with Gasteiger partial charge < -0.3 is 19.9 Å². The highest BCUT2D eigenvalue weighted by Gasteiger charge is 2.10. The molecule has 1 heterocycles. The Morgan fingerprint density at radius 2 is 1.96 bits per heavy atom. The van der Waals surface area contributed by atoms with Crippen LogP contribution in [0, 0.1) is 0 Å². The maximum atomic E-state index is 5.87. The fourth-order valence-electron chi connectivity index (χ4n) is 2.66. The first kappa shape index (κ1) is 21.9. The number of aromatic nitrogens is 3. The van der Waals surface area contributed by atoms with Crippen LogP contribution in [0.2, 0.25) is 0 Å². The second kappa shape index (κ2) is 10.8. The van der Waals surface area contributed by atoms with E-state index in [1.54, 1.807) is 6.33 Å². The van der Waals surface area contributed by atoms with Gasteiger partial charge in [-0.3, -0.25) is 0 Å². The molecule has 28 heavy (non-hydrogen) atoms. The Morgan fingerprint density at radius 3 is 2.68 bits per heavy atom. The predicted octanol–water partition coefficient (Wildman–Crippen LogP) is 2.91. The molecule has 154 valence electrons. The molecule has 0 spiro atoms. The van der Waals surface area contributed by atoms with Crippen LogP contribution in [0.3, 0.4) is 0 Å². The van der Waals surface area contributed by atoms with E-state index in [4.69, 9.17) is 9.73 Å². The Labute approximate surface area is 168 Å². The van der Waals surface area contributed by atoms with Crippen molar-refractivity contribution in [2.24, 2.45) is 4.99 Å². The maximum absolute atomic E-state index is 5.87. The summed E-state index contributed by atoms with van der Waals surface area (Å²) in [7, 11) is 0. The van der Waals surface area contributed by atoms with E-state index in [1.165, 1.54) is 11.1 Å². The van der Waals surface area contributed by atoms with Crippen molar-refractivity contribution >= 4 is 5.96 Å².